The van der Waals surface area contributed by atoms with E-state index in [1.807, 2.05) is 0 Å². The molecule has 118 valence electrons. The summed E-state index contributed by atoms with van der Waals surface area (Å²) >= 11 is 1.48. The van der Waals surface area contributed by atoms with Crippen molar-refractivity contribution < 1.29 is 4.79 Å². The van der Waals surface area contributed by atoms with Gasteiger partial charge in [-0.25, -0.2) is 9.36 Å². The lowest BCUT2D eigenvalue weighted by Gasteiger charge is -2.18. The first-order valence-electron chi connectivity index (χ1n) is 7.52. The fourth-order valence-electron chi connectivity index (χ4n) is 3.23. The van der Waals surface area contributed by atoms with Crippen LogP contribution in [-0.2, 0) is 17.6 Å². The molecule has 0 aliphatic heterocycles. The smallest absolute Gasteiger partial charge is 0.330 e. The van der Waals surface area contributed by atoms with E-state index in [4.69, 9.17) is 5.73 Å². The minimum atomic E-state index is -0.904. The molecule has 1 aliphatic carbocycles. The third-order valence-corrected chi connectivity index (χ3v) is 5.58. The van der Waals surface area contributed by atoms with Crippen molar-refractivity contribution in [2.75, 3.05) is 0 Å². The van der Waals surface area contributed by atoms with Crippen LogP contribution < -0.4 is 17.0 Å². The minimum Gasteiger partial charge on any atom is -0.368 e. The van der Waals surface area contributed by atoms with Gasteiger partial charge in [-0.3, -0.25) is 14.6 Å². The number of nitrogens with one attached hydrogen (secondary N) is 1. The number of thiophene rings is 1. The molecule has 0 spiro atoms. The van der Waals surface area contributed by atoms with Gasteiger partial charge in [-0.1, -0.05) is 13.8 Å². The van der Waals surface area contributed by atoms with Gasteiger partial charge in [-0.15, -0.1) is 11.3 Å². The Morgan fingerprint density at radius 3 is 2.86 bits per heavy atom. The third-order valence-electron chi connectivity index (χ3n) is 4.41. The van der Waals surface area contributed by atoms with Crippen molar-refractivity contribution in [1.29, 1.82) is 0 Å². The zero-order chi connectivity index (χ0) is 16.0. The average molecular weight is 321 g/mol. The van der Waals surface area contributed by atoms with E-state index in [0.717, 1.165) is 29.4 Å². The maximum Gasteiger partial charge on any atom is 0.330 e. The standard InChI is InChI=1S/C15H19N3O3S/c1-3-9(12(16)19)18-14(20)11-8-5-4-7(2)6-10(8)22-13(11)17-15(18)21/h7,9H,3-6H2,1-2H3,(H2,16,19)(H,17,21). The number of fused-ring (bicyclic) bond motifs is 3. The van der Waals surface area contributed by atoms with Crippen molar-refractivity contribution in [1.82, 2.24) is 9.55 Å². The fraction of sp³-hybridized carbons (Fsp3) is 0.533. The van der Waals surface area contributed by atoms with Gasteiger partial charge in [-0.05, 0) is 37.2 Å². The topological polar surface area (TPSA) is 97.9 Å². The number of hydrogen-bond donors (Lipinski definition) is 2. The maximum absolute atomic E-state index is 12.8. The molecule has 0 fully saturated rings. The summed E-state index contributed by atoms with van der Waals surface area (Å²) in [5.74, 6) is -0.0734. The Labute approximate surface area is 131 Å². The molecule has 2 heterocycles. The third kappa shape index (κ3) is 2.20. The number of aromatic amines is 1. The number of primary amides is 1. The summed E-state index contributed by atoms with van der Waals surface area (Å²) in [4.78, 5) is 41.2. The van der Waals surface area contributed by atoms with Crippen LogP contribution in [0, 0.1) is 5.92 Å². The second kappa shape index (κ2) is 5.39. The molecule has 1 amide bonds. The van der Waals surface area contributed by atoms with Gasteiger partial charge in [0.1, 0.15) is 10.9 Å². The van der Waals surface area contributed by atoms with Crippen LogP contribution in [0.2, 0.25) is 0 Å². The van der Waals surface area contributed by atoms with Gasteiger partial charge in [0.2, 0.25) is 5.91 Å². The number of rotatable bonds is 3. The lowest BCUT2D eigenvalue weighted by Crippen LogP contribution is -2.42. The molecular formula is C15H19N3O3S. The van der Waals surface area contributed by atoms with E-state index < -0.39 is 23.2 Å². The van der Waals surface area contributed by atoms with Crippen LogP contribution in [0.1, 0.15) is 43.2 Å². The molecule has 0 aromatic carbocycles. The SMILES string of the molecule is CCC(C(N)=O)n1c(=O)[nH]c2sc3c(c2c1=O)CCC(C)C3. The zero-order valence-corrected chi connectivity index (χ0v) is 13.5. The molecule has 6 nitrogen and oxygen atoms in total. The van der Waals surface area contributed by atoms with Crippen molar-refractivity contribution in [3.8, 4) is 0 Å². The molecule has 0 bridgehead atoms. The van der Waals surface area contributed by atoms with Crippen LogP contribution >= 0.6 is 11.3 Å². The van der Waals surface area contributed by atoms with E-state index in [-0.39, 0.29) is 0 Å². The van der Waals surface area contributed by atoms with Crippen molar-refractivity contribution >= 4 is 27.5 Å². The van der Waals surface area contributed by atoms with Gasteiger partial charge < -0.3 is 5.73 Å². The second-order valence-corrected chi connectivity index (χ2v) is 7.09. The molecule has 0 saturated carbocycles. The fourth-order valence-corrected chi connectivity index (χ4v) is 4.62. The van der Waals surface area contributed by atoms with E-state index in [1.54, 1.807) is 6.92 Å². The number of carbonyl (C=O) groups excluding carboxylic acids is 1. The molecule has 3 rings (SSSR count). The quantitative estimate of drug-likeness (QED) is 0.892. The normalized spacial score (nSPS) is 19.1. The number of amides is 1. The number of hydrogen-bond acceptors (Lipinski definition) is 4. The summed E-state index contributed by atoms with van der Waals surface area (Å²) in [5.41, 5.74) is 5.43. The zero-order valence-electron chi connectivity index (χ0n) is 12.6. The highest BCUT2D eigenvalue weighted by molar-refractivity contribution is 7.18. The number of nitrogens with two attached hydrogens (primary N) is 1. The van der Waals surface area contributed by atoms with Gasteiger partial charge >= 0.3 is 5.69 Å². The Morgan fingerprint density at radius 2 is 2.23 bits per heavy atom. The minimum absolute atomic E-state index is 0.313. The highest BCUT2D eigenvalue weighted by Crippen LogP contribution is 2.35. The molecule has 2 unspecified atom stereocenters. The highest BCUT2D eigenvalue weighted by Gasteiger charge is 2.26. The van der Waals surface area contributed by atoms with E-state index in [9.17, 15) is 14.4 Å². The maximum atomic E-state index is 12.8. The number of H-pyrrole nitrogens is 1. The largest absolute Gasteiger partial charge is 0.368 e. The second-order valence-electron chi connectivity index (χ2n) is 5.99. The molecule has 2 atom stereocenters. The van der Waals surface area contributed by atoms with Gasteiger partial charge in [0.15, 0.2) is 0 Å². The number of aryl methyl sites for hydroxylation is 1. The first-order valence-corrected chi connectivity index (χ1v) is 8.34. The van der Waals surface area contributed by atoms with Crippen LogP contribution in [-0.4, -0.2) is 15.5 Å². The lowest BCUT2D eigenvalue weighted by atomic mass is 9.89. The highest BCUT2D eigenvalue weighted by atomic mass is 32.1. The summed E-state index contributed by atoms with van der Waals surface area (Å²) in [6.45, 7) is 3.92. The Morgan fingerprint density at radius 1 is 1.50 bits per heavy atom. The molecule has 0 radical (unpaired) electrons. The molecule has 22 heavy (non-hydrogen) atoms. The number of nitrogens with zero attached hydrogens (tertiary/aromatic N) is 1. The van der Waals surface area contributed by atoms with Gasteiger partial charge in [0.25, 0.3) is 5.56 Å². The van der Waals surface area contributed by atoms with Crippen molar-refractivity contribution in [3.63, 3.8) is 0 Å². The molecule has 2 aromatic heterocycles. The summed E-state index contributed by atoms with van der Waals surface area (Å²) in [6.07, 6.45) is 3.12. The Hall–Kier alpha value is -1.89. The van der Waals surface area contributed by atoms with Crippen LogP contribution in [0.15, 0.2) is 9.59 Å². The van der Waals surface area contributed by atoms with E-state index in [0.29, 0.717) is 22.6 Å². The number of carbonyl (C=O) groups is 1. The lowest BCUT2D eigenvalue weighted by molar-refractivity contribution is -0.121. The molecular weight excluding hydrogens is 302 g/mol. The summed E-state index contributed by atoms with van der Waals surface area (Å²) < 4.78 is 0.982. The van der Waals surface area contributed by atoms with Gasteiger partial charge in [-0.2, -0.15) is 0 Å². The van der Waals surface area contributed by atoms with Crippen molar-refractivity contribution in [2.45, 2.75) is 45.6 Å². The molecule has 0 saturated heterocycles. The van der Waals surface area contributed by atoms with Crippen LogP contribution in [0.3, 0.4) is 0 Å². The van der Waals surface area contributed by atoms with Crippen LogP contribution in [0.25, 0.3) is 10.2 Å². The first kappa shape index (κ1) is 15.0. The predicted molar refractivity (Wildman–Crippen MR) is 86.4 cm³/mol. The summed E-state index contributed by atoms with van der Waals surface area (Å²) in [6, 6.07) is -0.904. The monoisotopic (exact) mass is 321 g/mol. The summed E-state index contributed by atoms with van der Waals surface area (Å²) in [7, 11) is 0. The molecule has 3 N–H and O–H groups in total. The van der Waals surface area contributed by atoms with E-state index in [2.05, 4.69) is 11.9 Å². The molecule has 2 aromatic rings. The van der Waals surface area contributed by atoms with Crippen molar-refractivity contribution in [3.05, 3.63) is 31.3 Å². The number of aromatic nitrogens is 2. The Balaban J connectivity index is 2.31. The Kier molecular flexibility index (Phi) is 3.68. The van der Waals surface area contributed by atoms with Crippen molar-refractivity contribution in [2.24, 2.45) is 11.7 Å². The van der Waals surface area contributed by atoms with E-state index in [1.165, 1.54) is 16.2 Å². The van der Waals surface area contributed by atoms with Crippen LogP contribution in [0.4, 0.5) is 0 Å². The van der Waals surface area contributed by atoms with E-state index >= 15 is 0 Å². The average Bonchev–Trinajstić information content (AvgIpc) is 2.79. The van der Waals surface area contributed by atoms with Crippen LogP contribution in [0.5, 0.6) is 0 Å². The Bertz CT molecular complexity index is 861. The molecule has 1 aliphatic rings. The van der Waals surface area contributed by atoms with Gasteiger partial charge in [0.05, 0.1) is 5.39 Å². The molecule has 7 heteroatoms. The summed E-state index contributed by atoms with van der Waals surface area (Å²) in [5, 5.41) is 0.561. The first-order chi connectivity index (χ1) is 10.4. The van der Waals surface area contributed by atoms with Gasteiger partial charge in [0, 0.05) is 4.88 Å². The predicted octanol–water partition coefficient (Wildman–Crippen LogP) is 1.31.